The molecule has 0 saturated carbocycles. The van der Waals surface area contributed by atoms with Gasteiger partial charge in [0.05, 0.1) is 5.02 Å². The van der Waals surface area contributed by atoms with E-state index in [1.807, 2.05) is 0 Å². The molecule has 0 radical (unpaired) electrons. The number of amides is 1. The number of likely N-dealkylation sites (tertiary alicyclic amines) is 2. The molecule has 2 aliphatic rings. The number of hydrogen-bond acceptors (Lipinski definition) is 4. The third kappa shape index (κ3) is 7.03. The van der Waals surface area contributed by atoms with Gasteiger partial charge in [-0.1, -0.05) is 42.8 Å². The Kier molecular flexibility index (Phi) is 9.56. The number of hydrogen-bond donors (Lipinski definition) is 1. The molecule has 1 amide bonds. The molecular formula is C36H45ClN4O2. The SMILES string of the molecule is CCn1c2ccccc2c2cc(CN3CCC(Oc4cc(C(=O)NCCCN5CCCC(C)C5)ccc4Cl)CC3)ccc21. The Morgan fingerprint density at radius 1 is 0.953 bits per heavy atom. The molecule has 7 heteroatoms. The van der Waals surface area contributed by atoms with Crippen LogP contribution < -0.4 is 10.1 Å². The second-order valence-corrected chi connectivity index (χ2v) is 12.9. The van der Waals surface area contributed by atoms with Gasteiger partial charge >= 0.3 is 0 Å². The fraction of sp³-hybridized carbons (Fsp3) is 0.472. The maximum absolute atomic E-state index is 12.9. The van der Waals surface area contributed by atoms with Gasteiger partial charge in [-0.25, -0.2) is 0 Å². The van der Waals surface area contributed by atoms with Crippen LogP contribution in [0.3, 0.4) is 0 Å². The number of aromatic nitrogens is 1. The quantitative estimate of drug-likeness (QED) is 0.193. The largest absolute Gasteiger partial charge is 0.489 e. The highest BCUT2D eigenvalue weighted by molar-refractivity contribution is 6.32. The number of para-hydroxylation sites is 1. The highest BCUT2D eigenvalue weighted by Gasteiger charge is 2.23. The predicted octanol–water partition coefficient (Wildman–Crippen LogP) is 7.36. The number of piperidine rings is 2. The van der Waals surface area contributed by atoms with E-state index in [4.69, 9.17) is 16.3 Å². The lowest BCUT2D eigenvalue weighted by atomic mass is 10.0. The van der Waals surface area contributed by atoms with Crippen LogP contribution in [-0.4, -0.2) is 65.6 Å². The van der Waals surface area contributed by atoms with Gasteiger partial charge < -0.3 is 19.5 Å². The summed E-state index contributed by atoms with van der Waals surface area (Å²) in [5, 5.41) is 6.30. The van der Waals surface area contributed by atoms with Gasteiger partial charge in [-0.15, -0.1) is 0 Å². The van der Waals surface area contributed by atoms with E-state index in [0.29, 0.717) is 22.9 Å². The van der Waals surface area contributed by atoms with Crippen molar-refractivity contribution in [2.24, 2.45) is 5.92 Å². The van der Waals surface area contributed by atoms with Crippen molar-refractivity contribution >= 4 is 39.3 Å². The summed E-state index contributed by atoms with van der Waals surface area (Å²) >= 11 is 6.51. The predicted molar refractivity (Wildman–Crippen MR) is 177 cm³/mol. The van der Waals surface area contributed by atoms with Crippen LogP contribution in [0.15, 0.2) is 60.7 Å². The molecule has 2 saturated heterocycles. The molecule has 1 unspecified atom stereocenters. The van der Waals surface area contributed by atoms with Crippen LogP contribution in [0.1, 0.15) is 61.9 Å². The minimum absolute atomic E-state index is 0.0672. The smallest absolute Gasteiger partial charge is 0.251 e. The summed E-state index contributed by atoms with van der Waals surface area (Å²) in [6, 6.07) is 21.0. The molecule has 4 aromatic rings. The molecule has 0 aliphatic carbocycles. The van der Waals surface area contributed by atoms with Gasteiger partial charge in [-0.3, -0.25) is 9.69 Å². The summed E-state index contributed by atoms with van der Waals surface area (Å²) < 4.78 is 8.76. The van der Waals surface area contributed by atoms with Gasteiger partial charge in [-0.2, -0.15) is 0 Å². The summed E-state index contributed by atoms with van der Waals surface area (Å²) in [7, 11) is 0. The number of carbonyl (C=O) groups is 1. The van der Waals surface area contributed by atoms with Crippen molar-refractivity contribution in [3.63, 3.8) is 0 Å². The minimum Gasteiger partial charge on any atom is -0.489 e. The molecule has 2 aliphatic heterocycles. The molecule has 3 aromatic carbocycles. The molecule has 1 atom stereocenters. The van der Waals surface area contributed by atoms with Crippen LogP contribution in [0.4, 0.5) is 0 Å². The van der Waals surface area contributed by atoms with Gasteiger partial charge in [0.2, 0.25) is 0 Å². The first kappa shape index (κ1) is 30.0. The first-order chi connectivity index (χ1) is 21.0. The third-order valence-electron chi connectivity index (χ3n) is 9.26. The van der Waals surface area contributed by atoms with E-state index < -0.39 is 0 Å². The summed E-state index contributed by atoms with van der Waals surface area (Å²) in [5.41, 5.74) is 4.55. The second kappa shape index (κ2) is 13.7. The number of benzene rings is 3. The Bertz CT molecular complexity index is 1560. The maximum Gasteiger partial charge on any atom is 0.251 e. The average Bonchev–Trinajstić information content (AvgIpc) is 3.34. The standard InChI is InChI=1S/C36H45ClN4O2/c1-3-41-33-10-5-4-9-30(33)31-22-27(11-14-34(31)41)25-40-20-15-29(16-21-40)43-35-23-28(12-13-32(35)37)36(42)38-17-7-19-39-18-6-8-26(2)24-39/h4-5,9-14,22-23,26,29H,3,6-8,15-21,24-25H2,1-2H3,(H,38,42). The number of fused-ring (bicyclic) bond motifs is 3. The second-order valence-electron chi connectivity index (χ2n) is 12.5. The Morgan fingerprint density at radius 2 is 1.77 bits per heavy atom. The third-order valence-corrected chi connectivity index (χ3v) is 9.57. The fourth-order valence-corrected chi connectivity index (χ4v) is 7.16. The van der Waals surface area contributed by atoms with Crippen molar-refractivity contribution in [3.8, 4) is 5.75 Å². The number of nitrogens with one attached hydrogen (secondary N) is 1. The Morgan fingerprint density at radius 3 is 2.58 bits per heavy atom. The normalized spacial score (nSPS) is 18.8. The number of ether oxygens (including phenoxy) is 1. The zero-order chi connectivity index (χ0) is 29.8. The summed E-state index contributed by atoms with van der Waals surface area (Å²) in [5.74, 6) is 1.31. The average molecular weight is 601 g/mol. The first-order valence-corrected chi connectivity index (χ1v) is 16.5. The molecule has 3 heterocycles. The molecule has 1 N–H and O–H groups in total. The zero-order valence-corrected chi connectivity index (χ0v) is 26.4. The lowest BCUT2D eigenvalue weighted by Crippen LogP contribution is -2.37. The van der Waals surface area contributed by atoms with Crippen LogP contribution in [-0.2, 0) is 13.1 Å². The number of halogens is 1. The molecule has 6 nitrogen and oxygen atoms in total. The molecule has 0 spiro atoms. The monoisotopic (exact) mass is 600 g/mol. The minimum atomic E-state index is -0.0672. The molecule has 43 heavy (non-hydrogen) atoms. The Balaban J connectivity index is 1.000. The van der Waals surface area contributed by atoms with Crippen molar-refractivity contribution in [2.45, 2.75) is 65.1 Å². The topological polar surface area (TPSA) is 49.7 Å². The van der Waals surface area contributed by atoms with E-state index in [2.05, 4.69) is 76.0 Å². The Labute approximate surface area is 260 Å². The van der Waals surface area contributed by atoms with Crippen LogP contribution >= 0.6 is 11.6 Å². The number of aryl methyl sites for hydroxylation is 1. The van der Waals surface area contributed by atoms with E-state index in [0.717, 1.165) is 57.9 Å². The summed E-state index contributed by atoms with van der Waals surface area (Å²) in [6.07, 6.45) is 5.52. The highest BCUT2D eigenvalue weighted by Crippen LogP contribution is 2.31. The molecule has 1 aromatic heterocycles. The van der Waals surface area contributed by atoms with Crippen molar-refractivity contribution in [3.05, 3.63) is 76.8 Å². The van der Waals surface area contributed by atoms with E-state index in [-0.39, 0.29) is 12.0 Å². The van der Waals surface area contributed by atoms with Crippen LogP contribution in [0.5, 0.6) is 5.75 Å². The van der Waals surface area contributed by atoms with E-state index in [1.54, 1.807) is 18.2 Å². The van der Waals surface area contributed by atoms with Crippen LogP contribution in [0.25, 0.3) is 21.8 Å². The lowest BCUT2D eigenvalue weighted by molar-refractivity contribution is 0.0934. The van der Waals surface area contributed by atoms with Gasteiger partial charge in [0, 0.05) is 66.6 Å². The Hall–Kier alpha value is -3.06. The molecule has 228 valence electrons. The molecular weight excluding hydrogens is 556 g/mol. The van der Waals surface area contributed by atoms with Gasteiger partial charge in [0.1, 0.15) is 11.9 Å². The van der Waals surface area contributed by atoms with Crippen molar-refractivity contribution in [1.29, 1.82) is 0 Å². The number of carbonyl (C=O) groups excluding carboxylic acids is 1. The van der Waals surface area contributed by atoms with Crippen LogP contribution in [0, 0.1) is 5.92 Å². The molecule has 6 rings (SSSR count). The van der Waals surface area contributed by atoms with Crippen molar-refractivity contribution in [1.82, 2.24) is 19.7 Å². The van der Waals surface area contributed by atoms with Gasteiger partial charge in [0.25, 0.3) is 5.91 Å². The lowest BCUT2D eigenvalue weighted by Gasteiger charge is -2.32. The summed E-state index contributed by atoms with van der Waals surface area (Å²) in [4.78, 5) is 17.9. The maximum atomic E-state index is 12.9. The number of nitrogens with zero attached hydrogens (tertiary/aromatic N) is 3. The van der Waals surface area contributed by atoms with Crippen molar-refractivity contribution in [2.75, 3.05) is 39.3 Å². The zero-order valence-electron chi connectivity index (χ0n) is 25.7. The first-order valence-electron chi connectivity index (χ1n) is 16.2. The number of rotatable bonds is 10. The molecule has 2 fully saturated rings. The summed E-state index contributed by atoms with van der Waals surface area (Å²) in [6.45, 7) is 12.4. The van der Waals surface area contributed by atoms with Crippen LogP contribution in [0.2, 0.25) is 5.02 Å². The highest BCUT2D eigenvalue weighted by atomic mass is 35.5. The van der Waals surface area contributed by atoms with E-state index >= 15 is 0 Å². The van der Waals surface area contributed by atoms with Gasteiger partial charge in [-0.05, 0) is 100.0 Å². The molecule has 0 bridgehead atoms. The fourth-order valence-electron chi connectivity index (χ4n) is 6.99. The van der Waals surface area contributed by atoms with Crippen molar-refractivity contribution < 1.29 is 9.53 Å². The van der Waals surface area contributed by atoms with E-state index in [1.165, 1.54) is 53.3 Å². The van der Waals surface area contributed by atoms with Gasteiger partial charge in [0.15, 0.2) is 0 Å². The van der Waals surface area contributed by atoms with E-state index in [9.17, 15) is 4.79 Å².